The Kier molecular flexibility index (Phi) is 4.19. The summed E-state index contributed by atoms with van der Waals surface area (Å²) in [6, 6.07) is 11.4. The molecule has 1 unspecified atom stereocenters. The van der Waals surface area contributed by atoms with E-state index in [4.69, 9.17) is 9.84 Å². The number of fused-ring (bicyclic) bond motifs is 1. The highest BCUT2D eigenvalue weighted by Gasteiger charge is 2.36. The molecule has 0 radical (unpaired) electrons. The average Bonchev–Trinajstić information content (AvgIpc) is 2.99. The predicted octanol–water partition coefficient (Wildman–Crippen LogP) is 3.65. The summed E-state index contributed by atoms with van der Waals surface area (Å²) in [6.45, 7) is 6.50. The van der Waals surface area contributed by atoms with Gasteiger partial charge in [0.1, 0.15) is 0 Å². The maximum Gasteiger partial charge on any atom is 0.0648 e. The van der Waals surface area contributed by atoms with Crippen LogP contribution in [-0.2, 0) is 11.2 Å². The quantitative estimate of drug-likeness (QED) is 0.936. The first-order valence-corrected chi connectivity index (χ1v) is 9.08. The summed E-state index contributed by atoms with van der Waals surface area (Å²) in [7, 11) is 0. The lowest BCUT2D eigenvalue weighted by molar-refractivity contribution is 0.0717. The molecule has 1 aliphatic carbocycles. The van der Waals surface area contributed by atoms with Crippen LogP contribution in [-0.4, -0.2) is 29.0 Å². The van der Waals surface area contributed by atoms with Crippen molar-refractivity contribution in [2.75, 3.05) is 13.2 Å². The fourth-order valence-electron chi connectivity index (χ4n) is 4.13. The fraction of sp³-hybridized carbons (Fsp3) is 0.550. The van der Waals surface area contributed by atoms with E-state index in [1.165, 1.54) is 11.3 Å². The van der Waals surface area contributed by atoms with E-state index < -0.39 is 0 Å². The van der Waals surface area contributed by atoms with Crippen molar-refractivity contribution in [3.8, 4) is 5.69 Å². The largest absolute Gasteiger partial charge is 0.381 e. The Hall–Kier alpha value is -1.65. The van der Waals surface area contributed by atoms with Crippen molar-refractivity contribution in [3.05, 3.63) is 47.8 Å². The van der Waals surface area contributed by atoms with Crippen molar-refractivity contribution in [1.29, 1.82) is 0 Å². The topological polar surface area (TPSA) is 39.1 Å². The number of para-hydroxylation sites is 1. The summed E-state index contributed by atoms with van der Waals surface area (Å²) in [4.78, 5) is 0. The molecule has 1 fully saturated rings. The second-order valence-electron chi connectivity index (χ2n) is 7.94. The van der Waals surface area contributed by atoms with Crippen LogP contribution in [0.3, 0.4) is 0 Å². The summed E-state index contributed by atoms with van der Waals surface area (Å²) < 4.78 is 7.64. The first-order valence-electron chi connectivity index (χ1n) is 9.08. The van der Waals surface area contributed by atoms with Crippen molar-refractivity contribution in [2.24, 2.45) is 5.41 Å². The number of aromatic nitrogens is 2. The van der Waals surface area contributed by atoms with Gasteiger partial charge in [0.15, 0.2) is 0 Å². The number of benzene rings is 1. The third kappa shape index (κ3) is 3.13. The fourth-order valence-corrected chi connectivity index (χ4v) is 4.13. The number of nitrogens with one attached hydrogen (secondary N) is 1. The standard InChI is InChI=1S/C20H27N3O/c1-20(2)12-18(22-15-8-10-24-11-9-15)17-14-21-23(19(17)13-20)16-6-4-3-5-7-16/h3-7,14-15,18,22H,8-13H2,1-2H3. The van der Waals surface area contributed by atoms with E-state index in [9.17, 15) is 0 Å². The van der Waals surface area contributed by atoms with Crippen molar-refractivity contribution in [1.82, 2.24) is 15.1 Å². The number of rotatable bonds is 3. The summed E-state index contributed by atoms with van der Waals surface area (Å²) in [5.41, 5.74) is 4.18. The van der Waals surface area contributed by atoms with Crippen LogP contribution in [0.1, 0.15) is 50.4 Å². The molecule has 4 heteroatoms. The zero-order chi connectivity index (χ0) is 16.6. The third-order valence-electron chi connectivity index (χ3n) is 5.34. The highest BCUT2D eigenvalue weighted by Crippen LogP contribution is 2.41. The molecule has 128 valence electrons. The Labute approximate surface area is 144 Å². The molecule has 2 aromatic rings. The Bertz CT molecular complexity index is 686. The molecule has 1 atom stereocenters. The average molecular weight is 325 g/mol. The number of nitrogens with zero attached hydrogens (tertiary/aromatic N) is 2. The summed E-state index contributed by atoms with van der Waals surface area (Å²) in [5.74, 6) is 0. The van der Waals surface area contributed by atoms with E-state index >= 15 is 0 Å². The van der Waals surface area contributed by atoms with Crippen LogP contribution in [0, 0.1) is 5.41 Å². The summed E-state index contributed by atoms with van der Waals surface area (Å²) in [6.07, 6.45) is 6.54. The minimum absolute atomic E-state index is 0.280. The first-order chi connectivity index (χ1) is 11.6. The van der Waals surface area contributed by atoms with Crippen LogP contribution in [0.2, 0.25) is 0 Å². The van der Waals surface area contributed by atoms with E-state index in [0.717, 1.165) is 44.6 Å². The van der Waals surface area contributed by atoms with Crippen LogP contribution in [0.4, 0.5) is 0 Å². The maximum absolute atomic E-state index is 5.50. The van der Waals surface area contributed by atoms with Gasteiger partial charge >= 0.3 is 0 Å². The van der Waals surface area contributed by atoms with Crippen LogP contribution < -0.4 is 5.32 Å². The van der Waals surface area contributed by atoms with Gasteiger partial charge in [-0.25, -0.2) is 4.68 Å². The Morgan fingerprint density at radius 1 is 1.17 bits per heavy atom. The molecule has 4 nitrogen and oxygen atoms in total. The minimum Gasteiger partial charge on any atom is -0.381 e. The monoisotopic (exact) mass is 325 g/mol. The molecule has 2 aliphatic rings. The molecule has 0 bridgehead atoms. The van der Waals surface area contributed by atoms with Crippen LogP contribution >= 0.6 is 0 Å². The molecule has 0 amide bonds. The Balaban J connectivity index is 1.65. The molecule has 0 spiro atoms. The highest BCUT2D eigenvalue weighted by atomic mass is 16.5. The lowest BCUT2D eigenvalue weighted by Gasteiger charge is -2.38. The SMILES string of the molecule is CC1(C)Cc2c(cnn2-c2ccccc2)C(NC2CCOCC2)C1. The van der Waals surface area contributed by atoms with Gasteiger partial charge in [-0.2, -0.15) is 5.10 Å². The third-order valence-corrected chi connectivity index (χ3v) is 5.34. The zero-order valence-electron chi connectivity index (χ0n) is 14.7. The summed E-state index contributed by atoms with van der Waals surface area (Å²) in [5, 5.41) is 8.63. The van der Waals surface area contributed by atoms with E-state index in [1.54, 1.807) is 0 Å². The zero-order valence-corrected chi connectivity index (χ0v) is 14.7. The molecule has 1 N–H and O–H groups in total. The number of ether oxygens (including phenoxy) is 1. The van der Waals surface area contributed by atoms with E-state index in [2.05, 4.69) is 60.4 Å². The Morgan fingerprint density at radius 2 is 1.92 bits per heavy atom. The van der Waals surface area contributed by atoms with Gasteiger partial charge in [-0.15, -0.1) is 0 Å². The highest BCUT2D eigenvalue weighted by molar-refractivity contribution is 5.37. The molecule has 1 aliphatic heterocycles. The smallest absolute Gasteiger partial charge is 0.0648 e. The maximum atomic E-state index is 5.50. The predicted molar refractivity (Wildman–Crippen MR) is 95.4 cm³/mol. The van der Waals surface area contributed by atoms with E-state index in [0.29, 0.717) is 12.1 Å². The van der Waals surface area contributed by atoms with Crippen LogP contribution in [0.15, 0.2) is 36.5 Å². The molecule has 1 aromatic heterocycles. The van der Waals surface area contributed by atoms with Crippen LogP contribution in [0.25, 0.3) is 5.69 Å². The molecule has 2 heterocycles. The second-order valence-corrected chi connectivity index (χ2v) is 7.94. The van der Waals surface area contributed by atoms with Crippen molar-refractivity contribution >= 4 is 0 Å². The van der Waals surface area contributed by atoms with Gasteiger partial charge in [-0.05, 0) is 43.2 Å². The molecular weight excluding hydrogens is 298 g/mol. The molecule has 0 saturated carbocycles. The van der Waals surface area contributed by atoms with Gasteiger partial charge in [0.2, 0.25) is 0 Å². The van der Waals surface area contributed by atoms with Gasteiger partial charge < -0.3 is 10.1 Å². The van der Waals surface area contributed by atoms with Gasteiger partial charge in [0.05, 0.1) is 11.9 Å². The van der Waals surface area contributed by atoms with Crippen molar-refractivity contribution in [3.63, 3.8) is 0 Å². The van der Waals surface area contributed by atoms with Crippen molar-refractivity contribution < 1.29 is 4.74 Å². The van der Waals surface area contributed by atoms with Crippen LogP contribution in [0.5, 0.6) is 0 Å². The number of hydrogen-bond donors (Lipinski definition) is 1. The Morgan fingerprint density at radius 3 is 2.67 bits per heavy atom. The van der Waals surface area contributed by atoms with Gasteiger partial charge in [0, 0.05) is 36.6 Å². The molecule has 24 heavy (non-hydrogen) atoms. The van der Waals surface area contributed by atoms with Gasteiger partial charge in [-0.3, -0.25) is 0 Å². The minimum atomic E-state index is 0.280. The number of hydrogen-bond acceptors (Lipinski definition) is 3. The second kappa shape index (κ2) is 6.34. The molecule has 1 aromatic carbocycles. The van der Waals surface area contributed by atoms with E-state index in [-0.39, 0.29) is 5.41 Å². The van der Waals surface area contributed by atoms with Gasteiger partial charge in [-0.1, -0.05) is 32.0 Å². The molecule has 1 saturated heterocycles. The van der Waals surface area contributed by atoms with Gasteiger partial charge in [0.25, 0.3) is 0 Å². The first kappa shape index (κ1) is 15.9. The normalized spacial score (nSPS) is 23.8. The summed E-state index contributed by atoms with van der Waals surface area (Å²) >= 11 is 0. The lowest BCUT2D eigenvalue weighted by Crippen LogP contribution is -2.41. The van der Waals surface area contributed by atoms with E-state index in [1.807, 2.05) is 0 Å². The van der Waals surface area contributed by atoms with Crippen molar-refractivity contribution in [2.45, 2.75) is 51.6 Å². The molecular formula is C20H27N3O. The molecule has 4 rings (SSSR count). The lowest BCUT2D eigenvalue weighted by atomic mass is 9.74.